The number of anilines is 3. The molecule has 3 heterocycles. The van der Waals surface area contributed by atoms with Crippen molar-refractivity contribution in [3.05, 3.63) is 90.6 Å². The molecular weight excluding hydrogens is 770 g/mol. The smallest absolute Gasteiger partial charge is 0.240 e. The van der Waals surface area contributed by atoms with E-state index >= 15 is 0 Å². The number of hydrogen-bond donors (Lipinski definition) is 4. The molecule has 60 heavy (non-hydrogen) atoms. The molecule has 2 aliphatic rings. The summed E-state index contributed by atoms with van der Waals surface area (Å²) in [5, 5.41) is 17.9. The van der Waals surface area contributed by atoms with Gasteiger partial charge in [0, 0.05) is 48.7 Å². The van der Waals surface area contributed by atoms with E-state index in [0.717, 1.165) is 48.2 Å². The van der Waals surface area contributed by atoms with E-state index in [-0.39, 0.29) is 18.4 Å². The van der Waals surface area contributed by atoms with E-state index in [9.17, 15) is 23.6 Å². The number of ether oxygens (including phenoxy) is 2. The number of halogens is 1. The van der Waals surface area contributed by atoms with Gasteiger partial charge in [0.15, 0.2) is 0 Å². The Hall–Kier alpha value is -6.58. The Balaban J connectivity index is 0.927. The van der Waals surface area contributed by atoms with Crippen LogP contribution in [-0.4, -0.2) is 69.8 Å². The minimum absolute atomic E-state index is 0.167. The third kappa shape index (κ3) is 9.48. The van der Waals surface area contributed by atoms with E-state index in [2.05, 4.69) is 36.1 Å². The first-order valence-electron chi connectivity index (χ1n) is 20.1. The summed E-state index contributed by atoms with van der Waals surface area (Å²) in [5.41, 5.74) is 7.26. The number of carbonyl (C=O) groups is 4. The number of piperidine rings is 1. The highest BCUT2D eigenvalue weighted by atomic mass is 19.1. The SMILES string of the molecule is COc1cc2c(Oc3ccc(NC(=O)C4(C(=O)Nc5ccc(F)cc5)CC4)cc3)ccnc2cc1N1CCC(n2cc(CCCC(=O)N[C@H](C(N)=O)C(C)(C)C)nn2)CC1. The lowest BCUT2D eigenvalue weighted by Crippen LogP contribution is -2.51. The number of methoxy groups -OCH3 is 1. The van der Waals surface area contributed by atoms with Crippen LogP contribution in [0.25, 0.3) is 10.9 Å². The van der Waals surface area contributed by atoms with E-state index < -0.39 is 40.4 Å². The maximum absolute atomic E-state index is 13.3. The number of amides is 4. The van der Waals surface area contributed by atoms with Gasteiger partial charge in [0.05, 0.1) is 30.0 Å². The Morgan fingerprint density at radius 1 is 0.933 bits per heavy atom. The van der Waals surface area contributed by atoms with Crippen LogP contribution in [0.1, 0.15) is 71.0 Å². The van der Waals surface area contributed by atoms with Crippen LogP contribution in [0.3, 0.4) is 0 Å². The molecule has 5 aromatic rings. The molecule has 4 amide bonds. The second-order valence-corrected chi connectivity index (χ2v) is 16.5. The highest BCUT2D eigenvalue weighted by Gasteiger charge is 2.56. The van der Waals surface area contributed by atoms with Crippen molar-refractivity contribution < 1.29 is 33.0 Å². The lowest BCUT2D eigenvalue weighted by Gasteiger charge is -2.34. The molecule has 0 spiro atoms. The molecule has 15 nitrogen and oxygen atoms in total. The normalized spacial score (nSPS) is 15.5. The molecule has 1 atom stereocenters. The van der Waals surface area contributed by atoms with Crippen molar-refractivity contribution in [1.82, 2.24) is 25.3 Å². The number of nitrogens with one attached hydrogen (secondary N) is 3. The highest BCUT2D eigenvalue weighted by molar-refractivity contribution is 6.17. The summed E-state index contributed by atoms with van der Waals surface area (Å²) in [5.74, 6) is -0.201. The number of rotatable bonds is 15. The Morgan fingerprint density at radius 2 is 1.58 bits per heavy atom. The number of nitrogens with two attached hydrogens (primary N) is 1. The summed E-state index contributed by atoms with van der Waals surface area (Å²) in [6.45, 7) is 7.10. The van der Waals surface area contributed by atoms with Crippen LogP contribution in [-0.2, 0) is 25.6 Å². The minimum Gasteiger partial charge on any atom is -0.495 e. The monoisotopic (exact) mass is 819 g/mol. The Labute approximate surface area is 347 Å². The van der Waals surface area contributed by atoms with Gasteiger partial charge in [-0.2, -0.15) is 0 Å². The molecule has 2 fully saturated rings. The Kier molecular flexibility index (Phi) is 12.0. The fourth-order valence-electron chi connectivity index (χ4n) is 7.44. The molecule has 0 unspecified atom stereocenters. The summed E-state index contributed by atoms with van der Waals surface area (Å²) in [6.07, 6.45) is 7.57. The van der Waals surface area contributed by atoms with Crippen LogP contribution >= 0.6 is 0 Å². The zero-order chi connectivity index (χ0) is 42.6. The van der Waals surface area contributed by atoms with Gasteiger partial charge in [-0.15, -0.1) is 5.10 Å². The number of aromatic nitrogens is 4. The molecule has 7 rings (SSSR count). The molecule has 0 bridgehead atoms. The van der Waals surface area contributed by atoms with E-state index in [4.69, 9.17) is 15.2 Å². The van der Waals surface area contributed by atoms with Crippen LogP contribution in [0.2, 0.25) is 0 Å². The molecule has 1 saturated heterocycles. The van der Waals surface area contributed by atoms with Gasteiger partial charge in [0.25, 0.3) is 0 Å². The predicted molar refractivity (Wildman–Crippen MR) is 224 cm³/mol. The van der Waals surface area contributed by atoms with Crippen LogP contribution in [0.5, 0.6) is 17.2 Å². The topological polar surface area (TPSA) is 196 Å². The van der Waals surface area contributed by atoms with Gasteiger partial charge in [-0.05, 0) is 111 Å². The van der Waals surface area contributed by atoms with E-state index in [1.54, 1.807) is 43.6 Å². The number of fused-ring (bicyclic) bond motifs is 1. The van der Waals surface area contributed by atoms with Gasteiger partial charge in [-0.25, -0.2) is 9.07 Å². The average molecular weight is 820 g/mol. The highest BCUT2D eigenvalue weighted by Crippen LogP contribution is 2.48. The second-order valence-electron chi connectivity index (χ2n) is 16.5. The fourth-order valence-corrected chi connectivity index (χ4v) is 7.44. The molecular formula is C44H50FN9O6. The molecule has 16 heteroatoms. The van der Waals surface area contributed by atoms with E-state index in [1.807, 2.05) is 43.8 Å². The summed E-state index contributed by atoms with van der Waals surface area (Å²) in [7, 11) is 1.64. The lowest BCUT2D eigenvalue weighted by atomic mass is 9.86. The van der Waals surface area contributed by atoms with Crippen molar-refractivity contribution >= 4 is 51.6 Å². The molecule has 2 aromatic heterocycles. The van der Waals surface area contributed by atoms with E-state index in [0.29, 0.717) is 54.3 Å². The van der Waals surface area contributed by atoms with Crippen LogP contribution < -0.4 is 36.1 Å². The van der Waals surface area contributed by atoms with Crippen LogP contribution in [0.15, 0.2) is 79.1 Å². The maximum atomic E-state index is 13.3. The average Bonchev–Trinajstić information content (AvgIpc) is 3.92. The number of nitrogens with zero attached hydrogens (tertiary/aromatic N) is 5. The maximum Gasteiger partial charge on any atom is 0.240 e. The number of aryl methyl sites for hydroxylation is 1. The summed E-state index contributed by atoms with van der Waals surface area (Å²) < 4.78 is 27.4. The first kappa shape index (κ1) is 41.6. The van der Waals surface area contributed by atoms with Gasteiger partial charge in [0.2, 0.25) is 23.6 Å². The lowest BCUT2D eigenvalue weighted by molar-refractivity contribution is -0.131. The number of benzene rings is 3. The van der Waals surface area contributed by atoms with E-state index in [1.165, 1.54) is 24.3 Å². The molecule has 5 N–H and O–H groups in total. The standard InChI is InChI=1S/C44H50FN9O6/c1-43(2,3)39(40(46)56)50-38(55)7-5-6-30-26-54(52-51-30)31-17-22-53(23-18-31)35-25-34-33(24-37(35)59-4)36(16-21-47-34)60-32-14-12-29(13-15-32)49-42(58)44(19-20-44)41(57)48-28-10-8-27(45)9-11-28/h8-16,21,24-26,31,39H,5-7,17-20,22-23H2,1-4H3,(H2,46,56)(H,48,57)(H,49,58)(H,50,55)/t39-/m1/s1. The summed E-state index contributed by atoms with van der Waals surface area (Å²) >= 11 is 0. The quantitative estimate of drug-likeness (QED) is 0.0871. The zero-order valence-corrected chi connectivity index (χ0v) is 34.2. The number of hydrogen-bond acceptors (Lipinski definition) is 10. The van der Waals surface area contributed by atoms with Gasteiger partial charge in [-0.3, -0.25) is 24.2 Å². The van der Waals surface area contributed by atoms with Crippen molar-refractivity contribution in [2.45, 2.75) is 77.8 Å². The molecule has 1 aliphatic heterocycles. The molecule has 314 valence electrons. The Morgan fingerprint density at radius 3 is 2.18 bits per heavy atom. The van der Waals surface area contributed by atoms with Gasteiger partial charge >= 0.3 is 0 Å². The largest absolute Gasteiger partial charge is 0.495 e. The Bertz CT molecular complexity index is 2370. The number of primary amides is 1. The number of pyridine rings is 1. The third-order valence-corrected chi connectivity index (χ3v) is 11.1. The fraction of sp³-hybridized carbons (Fsp3) is 0.386. The van der Waals surface area contributed by atoms with Gasteiger partial charge in [-0.1, -0.05) is 26.0 Å². The molecule has 1 aliphatic carbocycles. The predicted octanol–water partition coefficient (Wildman–Crippen LogP) is 6.30. The first-order chi connectivity index (χ1) is 28.7. The van der Waals surface area contributed by atoms with Crippen molar-refractivity contribution in [2.75, 3.05) is 35.7 Å². The third-order valence-electron chi connectivity index (χ3n) is 11.1. The van der Waals surface area contributed by atoms with Gasteiger partial charge < -0.3 is 36.1 Å². The van der Waals surface area contributed by atoms with Gasteiger partial charge in [0.1, 0.15) is 34.5 Å². The minimum atomic E-state index is -1.18. The summed E-state index contributed by atoms with van der Waals surface area (Å²) in [6, 6.07) is 17.5. The van der Waals surface area contributed by atoms with Crippen LogP contribution in [0, 0.1) is 16.6 Å². The second kappa shape index (κ2) is 17.3. The summed E-state index contributed by atoms with van der Waals surface area (Å²) in [4.78, 5) is 57.4. The number of carbonyl (C=O) groups excluding carboxylic acids is 4. The molecule has 1 saturated carbocycles. The van der Waals surface area contributed by atoms with Crippen molar-refractivity contribution in [3.63, 3.8) is 0 Å². The van der Waals surface area contributed by atoms with Crippen molar-refractivity contribution in [1.29, 1.82) is 0 Å². The molecule has 3 aromatic carbocycles. The van der Waals surface area contributed by atoms with Crippen molar-refractivity contribution in [2.24, 2.45) is 16.6 Å². The van der Waals surface area contributed by atoms with Crippen LogP contribution in [0.4, 0.5) is 21.5 Å². The zero-order valence-electron chi connectivity index (χ0n) is 34.2. The van der Waals surface area contributed by atoms with Crippen molar-refractivity contribution in [3.8, 4) is 17.2 Å². The first-order valence-corrected chi connectivity index (χ1v) is 20.1. The molecule has 0 radical (unpaired) electrons.